The van der Waals surface area contributed by atoms with E-state index in [1.165, 1.54) is 180 Å². The van der Waals surface area contributed by atoms with E-state index in [0.717, 1.165) is 103 Å². The molecule has 0 spiro atoms. The Balaban J connectivity index is 4.27. The first-order chi connectivity index (χ1) is 35.5. The Morgan fingerprint density at radius 1 is 0.292 bits per heavy atom. The highest BCUT2D eigenvalue weighted by Crippen LogP contribution is 2.17. The van der Waals surface area contributed by atoms with Gasteiger partial charge in [-0.1, -0.05) is 281 Å². The fourth-order valence-corrected chi connectivity index (χ4v) is 9.08. The number of allylic oxidation sites excluding steroid dienone is 10. The van der Waals surface area contributed by atoms with Crippen LogP contribution < -0.4 is 0 Å². The Morgan fingerprint density at radius 2 is 0.542 bits per heavy atom. The zero-order valence-electron chi connectivity index (χ0n) is 47.9. The molecule has 6 heteroatoms. The number of esters is 3. The molecule has 0 aromatic carbocycles. The first-order valence-electron chi connectivity index (χ1n) is 31.3. The molecule has 0 saturated heterocycles. The summed E-state index contributed by atoms with van der Waals surface area (Å²) in [6, 6.07) is 0. The maximum Gasteiger partial charge on any atom is 0.306 e. The zero-order chi connectivity index (χ0) is 52.2. The van der Waals surface area contributed by atoms with Crippen LogP contribution in [0.5, 0.6) is 0 Å². The van der Waals surface area contributed by atoms with Gasteiger partial charge in [-0.05, 0) is 83.5 Å². The third-order valence-electron chi connectivity index (χ3n) is 13.8. The van der Waals surface area contributed by atoms with Gasteiger partial charge in [0, 0.05) is 19.3 Å². The standard InChI is InChI=1S/C66H118O6/c1-4-7-10-13-16-19-22-25-28-29-30-31-32-33-34-35-36-37-39-41-44-47-50-53-56-59-65(68)71-62-63(61-70-64(67)58-55-52-49-46-43-40-27-24-21-18-15-12-9-6-3)72-66(69)60-57-54-51-48-45-42-38-26-23-20-17-14-11-8-5-2/h8,11,17,20,22,25-26,29-30,38,63H,4-7,9-10,12-16,18-19,21,23-24,27-28,31-37,39-62H2,1-3H3/b11-8-,20-17-,25-22-,30-29-,38-26-. The maximum atomic E-state index is 12.9. The summed E-state index contributed by atoms with van der Waals surface area (Å²) in [6.07, 6.45) is 76.5. The van der Waals surface area contributed by atoms with Gasteiger partial charge in [-0.2, -0.15) is 0 Å². The smallest absolute Gasteiger partial charge is 0.306 e. The summed E-state index contributed by atoms with van der Waals surface area (Å²) in [5.41, 5.74) is 0. The summed E-state index contributed by atoms with van der Waals surface area (Å²) < 4.78 is 16.9. The molecule has 6 nitrogen and oxygen atoms in total. The fraction of sp³-hybridized carbons (Fsp3) is 0.803. The number of unbranched alkanes of at least 4 members (excludes halogenated alkanes) is 36. The molecule has 0 aliphatic heterocycles. The van der Waals surface area contributed by atoms with E-state index in [1.807, 2.05) is 0 Å². The molecule has 0 aromatic heterocycles. The van der Waals surface area contributed by atoms with Crippen LogP contribution in [0.1, 0.15) is 323 Å². The Hall–Kier alpha value is -2.89. The zero-order valence-corrected chi connectivity index (χ0v) is 47.9. The van der Waals surface area contributed by atoms with Gasteiger partial charge in [0.2, 0.25) is 0 Å². The van der Waals surface area contributed by atoms with Gasteiger partial charge in [0.1, 0.15) is 13.2 Å². The van der Waals surface area contributed by atoms with Crippen molar-refractivity contribution in [2.45, 2.75) is 329 Å². The molecular weight excluding hydrogens is 889 g/mol. The largest absolute Gasteiger partial charge is 0.462 e. The topological polar surface area (TPSA) is 78.9 Å². The highest BCUT2D eigenvalue weighted by atomic mass is 16.6. The summed E-state index contributed by atoms with van der Waals surface area (Å²) in [6.45, 7) is 6.54. The summed E-state index contributed by atoms with van der Waals surface area (Å²) in [4.78, 5) is 38.2. The van der Waals surface area contributed by atoms with Crippen molar-refractivity contribution in [2.24, 2.45) is 0 Å². The van der Waals surface area contributed by atoms with E-state index in [1.54, 1.807) is 0 Å². The van der Waals surface area contributed by atoms with E-state index in [2.05, 4.69) is 81.5 Å². The summed E-state index contributed by atoms with van der Waals surface area (Å²) in [5, 5.41) is 0. The quantitative estimate of drug-likeness (QED) is 0.0261. The predicted molar refractivity (Wildman–Crippen MR) is 312 cm³/mol. The number of rotatable bonds is 57. The van der Waals surface area contributed by atoms with Crippen LogP contribution in [0, 0.1) is 0 Å². The maximum absolute atomic E-state index is 12.9. The van der Waals surface area contributed by atoms with Crippen molar-refractivity contribution >= 4 is 17.9 Å². The van der Waals surface area contributed by atoms with Crippen molar-refractivity contribution in [3.63, 3.8) is 0 Å². The third kappa shape index (κ3) is 58.0. The van der Waals surface area contributed by atoms with Gasteiger partial charge in [-0.3, -0.25) is 14.4 Å². The average molecular weight is 1010 g/mol. The summed E-state index contributed by atoms with van der Waals surface area (Å²) in [5.74, 6) is -0.880. The molecule has 0 aliphatic carbocycles. The molecule has 72 heavy (non-hydrogen) atoms. The summed E-state index contributed by atoms with van der Waals surface area (Å²) >= 11 is 0. The van der Waals surface area contributed by atoms with Crippen molar-refractivity contribution in [1.29, 1.82) is 0 Å². The molecule has 0 bridgehead atoms. The highest BCUT2D eigenvalue weighted by molar-refractivity contribution is 5.71. The Kier molecular flexibility index (Phi) is 58.2. The van der Waals surface area contributed by atoms with Crippen molar-refractivity contribution in [3.8, 4) is 0 Å². The van der Waals surface area contributed by atoms with E-state index in [9.17, 15) is 14.4 Å². The second kappa shape index (κ2) is 60.7. The fourth-order valence-electron chi connectivity index (χ4n) is 9.08. The molecule has 0 saturated carbocycles. The molecule has 1 atom stereocenters. The van der Waals surface area contributed by atoms with Crippen LogP contribution in [-0.2, 0) is 28.6 Å². The molecule has 0 N–H and O–H groups in total. The average Bonchev–Trinajstić information content (AvgIpc) is 3.38. The second-order valence-electron chi connectivity index (χ2n) is 20.9. The molecular formula is C66H118O6. The van der Waals surface area contributed by atoms with Gasteiger partial charge >= 0.3 is 17.9 Å². The molecule has 0 rings (SSSR count). The minimum atomic E-state index is -0.782. The van der Waals surface area contributed by atoms with Crippen LogP contribution in [0.25, 0.3) is 0 Å². The van der Waals surface area contributed by atoms with Crippen molar-refractivity contribution in [1.82, 2.24) is 0 Å². The van der Waals surface area contributed by atoms with Gasteiger partial charge in [0.15, 0.2) is 6.10 Å². The van der Waals surface area contributed by atoms with Crippen LogP contribution in [-0.4, -0.2) is 37.2 Å². The first kappa shape index (κ1) is 69.1. The number of ether oxygens (including phenoxy) is 3. The minimum absolute atomic E-state index is 0.0781. The first-order valence-corrected chi connectivity index (χ1v) is 31.3. The Bertz CT molecular complexity index is 1290. The normalized spacial score (nSPS) is 12.4. The van der Waals surface area contributed by atoms with Crippen LogP contribution >= 0.6 is 0 Å². The molecule has 0 radical (unpaired) electrons. The molecule has 0 amide bonds. The van der Waals surface area contributed by atoms with Crippen LogP contribution in [0.15, 0.2) is 60.8 Å². The van der Waals surface area contributed by atoms with Gasteiger partial charge < -0.3 is 14.2 Å². The molecule has 418 valence electrons. The van der Waals surface area contributed by atoms with Crippen LogP contribution in [0.4, 0.5) is 0 Å². The number of carbonyl (C=O) groups is 3. The van der Waals surface area contributed by atoms with Gasteiger partial charge in [0.25, 0.3) is 0 Å². The SMILES string of the molecule is CC/C=C\C/C=C\C/C=C\CCCCCCCC(=O)OC(COC(=O)CCCCCCCCCCCCCCCC)COC(=O)CCCCCCCCCCCCCCC/C=C\C/C=C\CCCCCCC. The third-order valence-corrected chi connectivity index (χ3v) is 13.8. The van der Waals surface area contributed by atoms with Gasteiger partial charge in [-0.25, -0.2) is 0 Å². The lowest BCUT2D eigenvalue weighted by Crippen LogP contribution is -2.30. The second-order valence-corrected chi connectivity index (χ2v) is 20.9. The van der Waals surface area contributed by atoms with E-state index >= 15 is 0 Å². The van der Waals surface area contributed by atoms with Crippen LogP contribution in [0.3, 0.4) is 0 Å². The number of hydrogen-bond donors (Lipinski definition) is 0. The Labute approximate surface area is 447 Å². The minimum Gasteiger partial charge on any atom is -0.462 e. The van der Waals surface area contributed by atoms with Crippen molar-refractivity contribution in [3.05, 3.63) is 60.8 Å². The molecule has 0 aliphatic rings. The lowest BCUT2D eigenvalue weighted by Gasteiger charge is -2.18. The molecule has 1 unspecified atom stereocenters. The predicted octanol–water partition coefficient (Wildman–Crippen LogP) is 21.2. The monoisotopic (exact) mass is 1010 g/mol. The van der Waals surface area contributed by atoms with Gasteiger partial charge in [-0.15, -0.1) is 0 Å². The lowest BCUT2D eigenvalue weighted by molar-refractivity contribution is -0.167. The van der Waals surface area contributed by atoms with Gasteiger partial charge in [0.05, 0.1) is 0 Å². The number of carbonyl (C=O) groups excluding carboxylic acids is 3. The Morgan fingerprint density at radius 3 is 0.847 bits per heavy atom. The van der Waals surface area contributed by atoms with Crippen molar-refractivity contribution < 1.29 is 28.6 Å². The lowest BCUT2D eigenvalue weighted by atomic mass is 10.0. The van der Waals surface area contributed by atoms with E-state index < -0.39 is 6.10 Å². The van der Waals surface area contributed by atoms with E-state index in [4.69, 9.17) is 14.2 Å². The van der Waals surface area contributed by atoms with Crippen molar-refractivity contribution in [2.75, 3.05) is 13.2 Å². The highest BCUT2D eigenvalue weighted by Gasteiger charge is 2.19. The summed E-state index contributed by atoms with van der Waals surface area (Å²) in [7, 11) is 0. The number of hydrogen-bond acceptors (Lipinski definition) is 6. The molecule has 0 heterocycles. The van der Waals surface area contributed by atoms with Crippen LogP contribution in [0.2, 0.25) is 0 Å². The van der Waals surface area contributed by atoms with E-state index in [-0.39, 0.29) is 31.1 Å². The molecule has 0 fully saturated rings. The van der Waals surface area contributed by atoms with E-state index in [0.29, 0.717) is 19.3 Å². The molecule has 0 aromatic rings.